The molecule has 154 valence electrons. The number of ketones is 1. The molecule has 7 heteroatoms. The Hall–Kier alpha value is -3.37. The van der Waals surface area contributed by atoms with E-state index >= 15 is 0 Å². The highest BCUT2D eigenvalue weighted by Gasteiger charge is 2.60. The number of rotatable bonds is 1. The van der Waals surface area contributed by atoms with Crippen LogP contribution in [0.1, 0.15) is 35.4 Å². The third-order valence-corrected chi connectivity index (χ3v) is 7.18. The number of anilines is 1. The van der Waals surface area contributed by atoms with Crippen LogP contribution in [0.2, 0.25) is 0 Å². The van der Waals surface area contributed by atoms with Crippen LogP contribution in [0, 0.1) is 18.3 Å². The topological polar surface area (TPSA) is 105 Å². The lowest BCUT2D eigenvalue weighted by atomic mass is 9.63. The summed E-state index contributed by atoms with van der Waals surface area (Å²) in [4.78, 5) is 27.0. The number of nitriles is 1. The van der Waals surface area contributed by atoms with Crippen molar-refractivity contribution in [3.63, 3.8) is 0 Å². The second-order valence-corrected chi connectivity index (χ2v) is 8.90. The Morgan fingerprint density at radius 1 is 1.23 bits per heavy atom. The quantitative estimate of drug-likeness (QED) is 0.646. The first-order valence-electron chi connectivity index (χ1n) is 9.90. The molecule has 1 spiro atoms. The molecule has 0 unspecified atom stereocenters. The summed E-state index contributed by atoms with van der Waals surface area (Å²) in [5.41, 5.74) is 7.76. The highest BCUT2D eigenvalue weighted by atomic mass is 79.9. The number of hydrogen-bond donors (Lipinski definition) is 2. The summed E-state index contributed by atoms with van der Waals surface area (Å²) in [6.45, 7) is 1.89. The van der Waals surface area contributed by atoms with Crippen molar-refractivity contribution in [1.82, 2.24) is 0 Å². The Kier molecular flexibility index (Phi) is 4.31. The van der Waals surface area contributed by atoms with Crippen molar-refractivity contribution in [3.8, 4) is 6.07 Å². The first-order valence-corrected chi connectivity index (χ1v) is 10.7. The van der Waals surface area contributed by atoms with Crippen molar-refractivity contribution in [2.45, 2.75) is 31.1 Å². The first kappa shape index (κ1) is 19.6. The second-order valence-electron chi connectivity index (χ2n) is 8.04. The Morgan fingerprint density at radius 3 is 2.68 bits per heavy atom. The predicted octanol–water partition coefficient (Wildman–Crippen LogP) is 4.07. The van der Waals surface area contributed by atoms with Crippen molar-refractivity contribution < 1.29 is 14.3 Å². The summed E-state index contributed by atoms with van der Waals surface area (Å²) >= 11 is 3.48. The molecule has 0 fully saturated rings. The van der Waals surface area contributed by atoms with Crippen LogP contribution in [0.5, 0.6) is 0 Å². The second kappa shape index (κ2) is 6.82. The highest BCUT2D eigenvalue weighted by molar-refractivity contribution is 9.10. The van der Waals surface area contributed by atoms with Crippen LogP contribution in [0.3, 0.4) is 0 Å². The van der Waals surface area contributed by atoms with Gasteiger partial charge in [-0.3, -0.25) is 9.59 Å². The van der Waals surface area contributed by atoms with Gasteiger partial charge in [0.2, 0.25) is 11.8 Å². The molecule has 1 aliphatic carbocycles. The van der Waals surface area contributed by atoms with Gasteiger partial charge in [0, 0.05) is 28.6 Å². The van der Waals surface area contributed by atoms with E-state index in [0.717, 1.165) is 15.6 Å². The summed E-state index contributed by atoms with van der Waals surface area (Å²) in [6.07, 6.45) is 0.648. The monoisotopic (exact) mass is 475 g/mol. The van der Waals surface area contributed by atoms with E-state index in [1.54, 1.807) is 6.07 Å². The number of fused-ring (bicyclic) bond motifs is 3. The van der Waals surface area contributed by atoms with Crippen molar-refractivity contribution in [2.24, 2.45) is 5.73 Å². The molecule has 5 rings (SSSR count). The molecule has 2 atom stereocenters. The first-order chi connectivity index (χ1) is 14.9. The number of allylic oxidation sites excluding steroid dienone is 1. The lowest BCUT2D eigenvalue weighted by molar-refractivity contribution is -0.123. The van der Waals surface area contributed by atoms with Gasteiger partial charge in [-0.1, -0.05) is 52.3 Å². The van der Waals surface area contributed by atoms with Gasteiger partial charge in [0.15, 0.2) is 5.78 Å². The van der Waals surface area contributed by atoms with Gasteiger partial charge >= 0.3 is 0 Å². The maximum Gasteiger partial charge on any atom is 0.245 e. The van der Waals surface area contributed by atoms with Crippen molar-refractivity contribution >= 4 is 33.3 Å². The van der Waals surface area contributed by atoms with E-state index in [-0.39, 0.29) is 35.2 Å². The number of nitrogens with one attached hydrogen (secondary N) is 1. The maximum absolute atomic E-state index is 13.5. The molecule has 0 aromatic heterocycles. The molecule has 0 saturated heterocycles. The Labute approximate surface area is 187 Å². The van der Waals surface area contributed by atoms with Crippen molar-refractivity contribution in [3.05, 3.63) is 86.4 Å². The predicted molar refractivity (Wildman–Crippen MR) is 118 cm³/mol. The third-order valence-electron chi connectivity index (χ3n) is 6.33. The van der Waals surface area contributed by atoms with Gasteiger partial charge in [0.05, 0.1) is 5.57 Å². The lowest BCUT2D eigenvalue weighted by Crippen LogP contribution is -2.47. The van der Waals surface area contributed by atoms with Crippen LogP contribution in [0.15, 0.2) is 69.7 Å². The number of ether oxygens (including phenoxy) is 1. The van der Waals surface area contributed by atoms with E-state index in [9.17, 15) is 14.9 Å². The molecule has 1 amide bonds. The summed E-state index contributed by atoms with van der Waals surface area (Å²) < 4.78 is 6.64. The van der Waals surface area contributed by atoms with Crippen LogP contribution in [0.25, 0.3) is 0 Å². The molecule has 0 bridgehead atoms. The number of aryl methyl sites for hydroxylation is 1. The molecule has 2 aromatic carbocycles. The van der Waals surface area contributed by atoms with Gasteiger partial charge in [-0.25, -0.2) is 0 Å². The number of Topliss-reactive ketones (excluding diaryl/α,β-unsaturated/α-hetero) is 1. The molecular weight excluding hydrogens is 458 g/mol. The largest absolute Gasteiger partial charge is 0.444 e. The van der Waals surface area contributed by atoms with Crippen LogP contribution >= 0.6 is 15.9 Å². The van der Waals surface area contributed by atoms with Crippen molar-refractivity contribution in [2.75, 3.05) is 5.32 Å². The van der Waals surface area contributed by atoms with E-state index in [1.807, 2.05) is 43.3 Å². The third kappa shape index (κ3) is 2.61. The zero-order valence-electron chi connectivity index (χ0n) is 16.7. The van der Waals surface area contributed by atoms with Crippen LogP contribution in [0.4, 0.5) is 5.69 Å². The summed E-state index contributed by atoms with van der Waals surface area (Å²) in [7, 11) is 0. The fraction of sp³-hybridized carbons (Fsp3) is 0.208. The highest BCUT2D eigenvalue weighted by Crippen LogP contribution is 2.55. The van der Waals surface area contributed by atoms with E-state index in [0.29, 0.717) is 23.4 Å². The maximum atomic E-state index is 13.5. The molecule has 2 aromatic rings. The number of amides is 1. The molecule has 2 heterocycles. The number of hydrogen-bond acceptors (Lipinski definition) is 5. The number of carbonyl (C=O) groups excluding carboxylic acids is 2. The summed E-state index contributed by atoms with van der Waals surface area (Å²) in [6, 6.07) is 15.4. The van der Waals surface area contributed by atoms with Crippen molar-refractivity contribution in [1.29, 1.82) is 5.26 Å². The molecular formula is C24H18BrN3O3. The van der Waals surface area contributed by atoms with Gasteiger partial charge in [0.1, 0.15) is 22.8 Å². The van der Waals surface area contributed by atoms with E-state index in [1.165, 1.54) is 0 Å². The van der Waals surface area contributed by atoms with Gasteiger partial charge < -0.3 is 15.8 Å². The Balaban J connectivity index is 1.76. The average Bonchev–Trinajstić information content (AvgIpc) is 3.00. The number of halogens is 1. The zero-order chi connectivity index (χ0) is 21.9. The molecule has 0 saturated carbocycles. The smallest absolute Gasteiger partial charge is 0.245 e. The molecule has 6 nitrogen and oxygen atoms in total. The zero-order valence-corrected chi connectivity index (χ0v) is 18.2. The minimum Gasteiger partial charge on any atom is -0.444 e. The Morgan fingerprint density at radius 2 is 1.97 bits per heavy atom. The van der Waals surface area contributed by atoms with Crippen LogP contribution in [-0.4, -0.2) is 11.7 Å². The minimum atomic E-state index is -1.59. The number of benzene rings is 2. The molecule has 3 N–H and O–H groups in total. The lowest BCUT2D eigenvalue weighted by Gasteiger charge is -2.39. The number of nitrogens with two attached hydrogens (primary N) is 1. The standard InChI is InChI=1S/C24H18BrN3O3/c1-12-7-15-18(10-17(12)25)28-23(30)24(15)16(11-26)22(27)31-20-9-14(8-19(29)21(20)24)13-5-3-2-4-6-13/h2-7,10,14H,8-9,27H2,1H3,(H,28,30)/t14-,24-/m0/s1. The van der Waals surface area contributed by atoms with Gasteiger partial charge in [0.25, 0.3) is 0 Å². The van der Waals surface area contributed by atoms with E-state index in [2.05, 4.69) is 27.3 Å². The fourth-order valence-corrected chi connectivity index (χ4v) is 5.26. The molecule has 31 heavy (non-hydrogen) atoms. The average molecular weight is 476 g/mol. The van der Waals surface area contributed by atoms with Crippen LogP contribution < -0.4 is 11.1 Å². The number of carbonyl (C=O) groups is 2. The van der Waals surface area contributed by atoms with E-state index in [4.69, 9.17) is 10.5 Å². The SMILES string of the molecule is Cc1cc2c(cc1Br)NC(=O)[C@]21C(C#N)=C(N)OC2=C1C(=O)C[C@H](c1ccccc1)C2. The number of nitrogens with zero attached hydrogens (tertiary/aromatic N) is 1. The molecule has 0 radical (unpaired) electrons. The van der Waals surface area contributed by atoms with Gasteiger partial charge in [-0.2, -0.15) is 5.26 Å². The summed E-state index contributed by atoms with van der Waals surface area (Å²) in [5, 5.41) is 12.8. The summed E-state index contributed by atoms with van der Waals surface area (Å²) in [5.74, 6) is -0.520. The molecule has 3 aliphatic rings. The fourth-order valence-electron chi connectivity index (χ4n) is 4.91. The van der Waals surface area contributed by atoms with Gasteiger partial charge in [-0.05, 0) is 30.0 Å². The van der Waals surface area contributed by atoms with E-state index < -0.39 is 11.3 Å². The Bertz CT molecular complexity index is 1270. The van der Waals surface area contributed by atoms with Gasteiger partial charge in [-0.15, -0.1) is 0 Å². The minimum absolute atomic E-state index is 0.0456. The molecule has 2 aliphatic heterocycles. The van der Waals surface area contributed by atoms with Crippen LogP contribution in [-0.2, 0) is 19.7 Å². The normalized spacial score (nSPS) is 24.5.